The Morgan fingerprint density at radius 2 is 1.95 bits per heavy atom. The Kier molecular flexibility index (Phi) is 3.58. The van der Waals surface area contributed by atoms with Crippen LogP contribution in [-0.4, -0.2) is 48.4 Å². The highest BCUT2D eigenvalue weighted by molar-refractivity contribution is 8.01. The molecule has 0 spiro atoms. The second-order valence-electron chi connectivity index (χ2n) is 5.94. The molecule has 3 rings (SSSR count). The van der Waals surface area contributed by atoms with E-state index in [-0.39, 0.29) is 17.6 Å². The molecule has 0 aromatic carbocycles. The van der Waals surface area contributed by atoms with E-state index in [1.54, 1.807) is 23.6 Å². The molecule has 1 saturated heterocycles. The second-order valence-corrected chi connectivity index (χ2v) is 9.53. The minimum atomic E-state index is -3.16. The van der Waals surface area contributed by atoms with E-state index in [4.69, 9.17) is 0 Å². The van der Waals surface area contributed by atoms with Crippen LogP contribution in [0.25, 0.3) is 0 Å². The van der Waals surface area contributed by atoms with Gasteiger partial charge in [0.25, 0.3) is 0 Å². The van der Waals surface area contributed by atoms with Crippen molar-refractivity contribution in [1.29, 1.82) is 0 Å². The molecule has 1 amide bonds. The van der Waals surface area contributed by atoms with Gasteiger partial charge in [0.05, 0.1) is 0 Å². The number of hydrogen-bond acceptors (Lipinski definition) is 4. The molecule has 3 fully saturated rings. The van der Waals surface area contributed by atoms with Crippen LogP contribution in [0.3, 0.4) is 0 Å². The Balaban J connectivity index is 1.74. The number of rotatable bonds is 3. The van der Waals surface area contributed by atoms with Gasteiger partial charge in [0.1, 0.15) is 5.37 Å². The second kappa shape index (κ2) is 4.95. The first kappa shape index (κ1) is 13.7. The Morgan fingerprint density at radius 3 is 2.58 bits per heavy atom. The molecule has 1 aliphatic heterocycles. The minimum absolute atomic E-state index is 0.0985. The molecule has 0 aromatic heterocycles. The molecule has 3 unspecified atom stereocenters. The van der Waals surface area contributed by atoms with E-state index in [0.717, 1.165) is 30.4 Å². The van der Waals surface area contributed by atoms with Crippen molar-refractivity contribution in [1.82, 2.24) is 4.90 Å². The van der Waals surface area contributed by atoms with Crippen molar-refractivity contribution in [2.45, 2.75) is 31.6 Å². The van der Waals surface area contributed by atoms with E-state index >= 15 is 0 Å². The van der Waals surface area contributed by atoms with Gasteiger partial charge in [0.2, 0.25) is 5.91 Å². The standard InChI is InChI=1S/C13H21NO3S2/c1-2-19(16,17)12-8-18-4-3-14(12)13(15)11-6-9-5-10(9)7-11/h9-12H,2-8H2,1H3. The van der Waals surface area contributed by atoms with Gasteiger partial charge in [-0.3, -0.25) is 4.79 Å². The molecule has 108 valence electrons. The van der Waals surface area contributed by atoms with Crippen LogP contribution in [0.15, 0.2) is 0 Å². The summed E-state index contributed by atoms with van der Waals surface area (Å²) in [4.78, 5) is 14.3. The van der Waals surface area contributed by atoms with Gasteiger partial charge in [0, 0.05) is 29.7 Å². The van der Waals surface area contributed by atoms with Crippen LogP contribution in [-0.2, 0) is 14.6 Å². The average molecular weight is 303 g/mol. The quantitative estimate of drug-likeness (QED) is 0.790. The highest BCUT2D eigenvalue weighted by Crippen LogP contribution is 2.54. The molecule has 3 atom stereocenters. The van der Waals surface area contributed by atoms with Crippen molar-refractivity contribution in [3.63, 3.8) is 0 Å². The third kappa shape index (κ3) is 2.53. The predicted molar refractivity (Wildman–Crippen MR) is 76.6 cm³/mol. The van der Waals surface area contributed by atoms with Crippen LogP contribution in [0.4, 0.5) is 0 Å². The van der Waals surface area contributed by atoms with E-state index in [2.05, 4.69) is 0 Å². The Labute approximate surface area is 119 Å². The van der Waals surface area contributed by atoms with E-state index < -0.39 is 15.2 Å². The summed E-state index contributed by atoms with van der Waals surface area (Å²) >= 11 is 1.65. The number of carbonyl (C=O) groups excluding carboxylic acids is 1. The number of fused-ring (bicyclic) bond motifs is 1. The molecule has 19 heavy (non-hydrogen) atoms. The lowest BCUT2D eigenvalue weighted by atomic mass is 10.0. The number of carbonyl (C=O) groups is 1. The first-order valence-corrected chi connectivity index (χ1v) is 9.99. The van der Waals surface area contributed by atoms with E-state index in [0.29, 0.717) is 12.3 Å². The fourth-order valence-corrected chi connectivity index (χ4v) is 6.45. The van der Waals surface area contributed by atoms with Gasteiger partial charge in [-0.05, 0) is 31.1 Å². The summed E-state index contributed by atoms with van der Waals surface area (Å²) in [5, 5.41) is -0.583. The zero-order valence-electron chi connectivity index (χ0n) is 11.2. The molecule has 4 nitrogen and oxygen atoms in total. The fourth-order valence-electron chi connectivity index (χ4n) is 3.47. The fraction of sp³-hybridized carbons (Fsp3) is 0.923. The maximum atomic E-state index is 12.6. The number of thioether (sulfide) groups is 1. The molecule has 0 N–H and O–H groups in total. The highest BCUT2D eigenvalue weighted by atomic mass is 32.2. The van der Waals surface area contributed by atoms with Crippen molar-refractivity contribution in [3.05, 3.63) is 0 Å². The zero-order chi connectivity index (χ0) is 13.6. The van der Waals surface area contributed by atoms with Crippen molar-refractivity contribution in [2.75, 3.05) is 23.8 Å². The maximum absolute atomic E-state index is 12.6. The zero-order valence-corrected chi connectivity index (χ0v) is 12.9. The summed E-state index contributed by atoms with van der Waals surface area (Å²) in [6.07, 6.45) is 3.27. The van der Waals surface area contributed by atoms with Gasteiger partial charge in [-0.2, -0.15) is 11.8 Å². The van der Waals surface area contributed by atoms with Crippen LogP contribution in [0.5, 0.6) is 0 Å². The van der Waals surface area contributed by atoms with Crippen molar-refractivity contribution in [3.8, 4) is 0 Å². The molecule has 1 heterocycles. The summed E-state index contributed by atoms with van der Waals surface area (Å²) < 4.78 is 24.3. The molecular weight excluding hydrogens is 282 g/mol. The Hall–Kier alpha value is -0.230. The largest absolute Gasteiger partial charge is 0.324 e. The lowest BCUT2D eigenvalue weighted by Gasteiger charge is -2.36. The molecule has 0 bridgehead atoms. The highest BCUT2D eigenvalue weighted by Gasteiger charge is 2.50. The normalized spacial score (nSPS) is 38.1. The third-order valence-corrected chi connectivity index (χ3v) is 8.07. The van der Waals surface area contributed by atoms with Crippen LogP contribution >= 0.6 is 11.8 Å². The number of amides is 1. The topological polar surface area (TPSA) is 54.5 Å². The minimum Gasteiger partial charge on any atom is -0.324 e. The predicted octanol–water partition coefficient (Wildman–Crippen LogP) is 1.37. The van der Waals surface area contributed by atoms with Gasteiger partial charge < -0.3 is 4.90 Å². The van der Waals surface area contributed by atoms with Gasteiger partial charge >= 0.3 is 0 Å². The van der Waals surface area contributed by atoms with Gasteiger partial charge in [0.15, 0.2) is 9.84 Å². The summed E-state index contributed by atoms with van der Waals surface area (Å²) in [5.41, 5.74) is 0. The molecule has 2 aliphatic carbocycles. The SMILES string of the molecule is CCS(=O)(=O)C1CSCCN1C(=O)C1CC2CC2C1. The van der Waals surface area contributed by atoms with Crippen molar-refractivity contribution < 1.29 is 13.2 Å². The van der Waals surface area contributed by atoms with Gasteiger partial charge in [-0.1, -0.05) is 6.92 Å². The maximum Gasteiger partial charge on any atom is 0.226 e. The summed E-state index contributed by atoms with van der Waals surface area (Å²) in [6.45, 7) is 2.27. The molecule has 0 aromatic rings. The van der Waals surface area contributed by atoms with Gasteiger partial charge in [-0.15, -0.1) is 0 Å². The van der Waals surface area contributed by atoms with Crippen LogP contribution in [0, 0.1) is 17.8 Å². The number of sulfone groups is 1. The first-order chi connectivity index (χ1) is 9.03. The lowest BCUT2D eigenvalue weighted by Crippen LogP contribution is -2.52. The number of nitrogens with zero attached hydrogens (tertiary/aromatic N) is 1. The van der Waals surface area contributed by atoms with E-state index in [1.165, 1.54) is 6.42 Å². The van der Waals surface area contributed by atoms with Crippen LogP contribution < -0.4 is 0 Å². The van der Waals surface area contributed by atoms with Gasteiger partial charge in [-0.25, -0.2) is 8.42 Å². The Bertz CT molecular complexity index is 466. The van der Waals surface area contributed by atoms with Crippen molar-refractivity contribution >= 4 is 27.5 Å². The van der Waals surface area contributed by atoms with Crippen molar-refractivity contribution in [2.24, 2.45) is 17.8 Å². The van der Waals surface area contributed by atoms with E-state index in [1.807, 2.05) is 0 Å². The smallest absolute Gasteiger partial charge is 0.226 e. The van der Waals surface area contributed by atoms with E-state index in [9.17, 15) is 13.2 Å². The average Bonchev–Trinajstić information content (AvgIpc) is 3.04. The third-order valence-electron chi connectivity index (χ3n) is 4.78. The summed E-state index contributed by atoms with van der Waals surface area (Å²) in [7, 11) is -3.16. The number of hydrogen-bond donors (Lipinski definition) is 0. The molecule has 0 radical (unpaired) electrons. The molecule has 2 saturated carbocycles. The first-order valence-electron chi connectivity index (χ1n) is 7.12. The molecular formula is C13H21NO3S2. The van der Waals surface area contributed by atoms with Crippen LogP contribution in [0.1, 0.15) is 26.2 Å². The molecule has 6 heteroatoms. The lowest BCUT2D eigenvalue weighted by molar-refractivity contribution is -0.136. The van der Waals surface area contributed by atoms with Crippen LogP contribution in [0.2, 0.25) is 0 Å². The summed E-state index contributed by atoms with van der Waals surface area (Å²) in [5.74, 6) is 3.25. The monoisotopic (exact) mass is 303 g/mol. The Morgan fingerprint density at radius 1 is 1.26 bits per heavy atom. The molecule has 3 aliphatic rings. The summed E-state index contributed by atoms with van der Waals surface area (Å²) in [6, 6.07) is 0.